The minimum Gasteiger partial charge on any atom is -0.329 e. The molecule has 2 heteroatoms. The Kier molecular flexibility index (Phi) is 5.07. The van der Waals surface area contributed by atoms with Crippen molar-refractivity contribution in [3.8, 4) is 0 Å². The zero-order valence-corrected chi connectivity index (χ0v) is 10.8. The summed E-state index contributed by atoms with van der Waals surface area (Å²) in [7, 11) is 0. The zero-order chi connectivity index (χ0) is 11.3. The van der Waals surface area contributed by atoms with E-state index in [1.165, 1.54) is 38.6 Å². The molecule has 0 unspecified atom stereocenters. The third-order valence-corrected chi connectivity index (χ3v) is 4.35. The summed E-state index contributed by atoms with van der Waals surface area (Å²) in [5.74, 6) is 0.856. The molecule has 0 aromatic heterocycles. The Labute approximate surface area is 95.2 Å². The van der Waals surface area contributed by atoms with Gasteiger partial charge in [0.15, 0.2) is 0 Å². The highest BCUT2D eigenvalue weighted by Gasteiger charge is 2.40. The van der Waals surface area contributed by atoms with E-state index in [1.54, 1.807) is 0 Å². The van der Waals surface area contributed by atoms with E-state index >= 15 is 0 Å². The van der Waals surface area contributed by atoms with Crippen molar-refractivity contribution in [1.29, 1.82) is 0 Å². The van der Waals surface area contributed by atoms with Gasteiger partial charge in [0.2, 0.25) is 0 Å². The molecular formula is C13H28N2. The first-order chi connectivity index (χ1) is 7.22. The van der Waals surface area contributed by atoms with Gasteiger partial charge in [-0.05, 0) is 31.7 Å². The summed E-state index contributed by atoms with van der Waals surface area (Å²) < 4.78 is 0. The predicted octanol–water partition coefficient (Wildman–Crippen LogP) is 2.63. The van der Waals surface area contributed by atoms with Gasteiger partial charge >= 0.3 is 0 Å². The fraction of sp³-hybridized carbons (Fsp3) is 1.00. The monoisotopic (exact) mass is 212 g/mol. The van der Waals surface area contributed by atoms with Crippen LogP contribution in [0.4, 0.5) is 0 Å². The van der Waals surface area contributed by atoms with Crippen LogP contribution in [0.25, 0.3) is 0 Å². The Morgan fingerprint density at radius 3 is 2.07 bits per heavy atom. The minimum atomic E-state index is 0.372. The second-order valence-electron chi connectivity index (χ2n) is 5.00. The van der Waals surface area contributed by atoms with Gasteiger partial charge in [0, 0.05) is 18.6 Å². The molecule has 0 spiro atoms. The summed E-state index contributed by atoms with van der Waals surface area (Å²) >= 11 is 0. The molecule has 1 fully saturated rings. The lowest BCUT2D eigenvalue weighted by Gasteiger charge is -2.50. The third kappa shape index (κ3) is 2.73. The Hall–Kier alpha value is -0.0800. The highest BCUT2D eigenvalue weighted by atomic mass is 15.2. The van der Waals surface area contributed by atoms with E-state index in [9.17, 15) is 0 Å². The molecule has 1 aliphatic rings. The summed E-state index contributed by atoms with van der Waals surface area (Å²) in [5, 5.41) is 0. The highest BCUT2D eigenvalue weighted by Crippen LogP contribution is 2.37. The minimum absolute atomic E-state index is 0.372. The van der Waals surface area contributed by atoms with E-state index in [0.717, 1.165) is 19.0 Å². The molecule has 15 heavy (non-hydrogen) atoms. The molecule has 1 saturated carbocycles. The van der Waals surface area contributed by atoms with E-state index in [-0.39, 0.29) is 0 Å². The smallest absolute Gasteiger partial charge is 0.0331 e. The molecule has 0 atom stereocenters. The third-order valence-electron chi connectivity index (χ3n) is 4.35. The molecule has 0 amide bonds. The number of hydrogen-bond acceptors (Lipinski definition) is 2. The molecule has 0 aromatic carbocycles. The quantitative estimate of drug-likeness (QED) is 0.703. The number of rotatable bonds is 7. The molecule has 0 aliphatic heterocycles. The second kappa shape index (κ2) is 5.86. The van der Waals surface area contributed by atoms with Gasteiger partial charge < -0.3 is 5.73 Å². The molecule has 0 heterocycles. The van der Waals surface area contributed by atoms with Crippen LogP contribution < -0.4 is 5.73 Å². The van der Waals surface area contributed by atoms with Gasteiger partial charge in [-0.15, -0.1) is 0 Å². The van der Waals surface area contributed by atoms with Crippen LogP contribution in [0, 0.1) is 5.92 Å². The summed E-state index contributed by atoms with van der Waals surface area (Å²) in [6.45, 7) is 10.1. The van der Waals surface area contributed by atoms with Crippen LogP contribution in [0.5, 0.6) is 0 Å². The molecule has 0 radical (unpaired) electrons. The lowest BCUT2D eigenvalue weighted by atomic mass is 9.74. The van der Waals surface area contributed by atoms with Gasteiger partial charge in [0.25, 0.3) is 0 Å². The number of hydrogen-bond donors (Lipinski definition) is 1. The Bertz CT molecular complexity index is 166. The molecule has 2 nitrogen and oxygen atoms in total. The van der Waals surface area contributed by atoms with Crippen LogP contribution in [0.1, 0.15) is 52.9 Å². The van der Waals surface area contributed by atoms with Crippen LogP contribution >= 0.6 is 0 Å². The Morgan fingerprint density at radius 2 is 1.80 bits per heavy atom. The second-order valence-corrected chi connectivity index (χ2v) is 5.00. The summed E-state index contributed by atoms with van der Waals surface area (Å²) in [6, 6.07) is 0. The molecular weight excluding hydrogens is 184 g/mol. The van der Waals surface area contributed by atoms with Crippen molar-refractivity contribution in [2.45, 2.75) is 58.4 Å². The molecule has 1 aliphatic carbocycles. The number of nitrogens with two attached hydrogens (primary N) is 1. The SMILES string of the molecule is CCC(CC)CN(CC)C1(CN)CCC1. The molecule has 90 valence electrons. The van der Waals surface area contributed by atoms with E-state index in [2.05, 4.69) is 25.7 Å². The summed E-state index contributed by atoms with van der Waals surface area (Å²) in [6.07, 6.45) is 6.60. The highest BCUT2D eigenvalue weighted by molar-refractivity contribution is 4.98. The van der Waals surface area contributed by atoms with Crippen LogP contribution in [0.3, 0.4) is 0 Å². The van der Waals surface area contributed by atoms with E-state index in [4.69, 9.17) is 5.73 Å². The normalized spacial score (nSPS) is 19.6. The van der Waals surface area contributed by atoms with E-state index < -0.39 is 0 Å². The molecule has 0 bridgehead atoms. The zero-order valence-electron chi connectivity index (χ0n) is 10.8. The summed E-state index contributed by atoms with van der Waals surface area (Å²) in [5.41, 5.74) is 6.33. The van der Waals surface area contributed by atoms with Crippen LogP contribution in [0.15, 0.2) is 0 Å². The van der Waals surface area contributed by atoms with Crippen molar-refractivity contribution >= 4 is 0 Å². The van der Waals surface area contributed by atoms with E-state index in [1.807, 2.05) is 0 Å². The fourth-order valence-electron chi connectivity index (χ4n) is 2.75. The molecule has 0 aromatic rings. The maximum absolute atomic E-state index is 5.96. The Balaban J connectivity index is 2.54. The van der Waals surface area contributed by atoms with Crippen molar-refractivity contribution in [3.63, 3.8) is 0 Å². The van der Waals surface area contributed by atoms with Crippen molar-refractivity contribution < 1.29 is 0 Å². The first kappa shape index (κ1) is 13.0. The Morgan fingerprint density at radius 1 is 1.20 bits per heavy atom. The van der Waals surface area contributed by atoms with Gasteiger partial charge in [0.05, 0.1) is 0 Å². The fourth-order valence-corrected chi connectivity index (χ4v) is 2.75. The predicted molar refractivity (Wildman–Crippen MR) is 67.0 cm³/mol. The standard InChI is InChI=1S/C13H28N2/c1-4-12(5-2)10-15(6-3)13(11-14)8-7-9-13/h12H,4-11,14H2,1-3H3. The summed E-state index contributed by atoms with van der Waals surface area (Å²) in [4.78, 5) is 2.65. The van der Waals surface area contributed by atoms with Crippen LogP contribution in [-0.2, 0) is 0 Å². The topological polar surface area (TPSA) is 29.3 Å². The average molecular weight is 212 g/mol. The first-order valence-electron chi connectivity index (χ1n) is 6.67. The van der Waals surface area contributed by atoms with Gasteiger partial charge in [-0.3, -0.25) is 4.90 Å². The maximum Gasteiger partial charge on any atom is 0.0331 e. The van der Waals surface area contributed by atoms with Gasteiger partial charge in [-0.1, -0.05) is 33.6 Å². The van der Waals surface area contributed by atoms with Gasteiger partial charge in [-0.2, -0.15) is 0 Å². The maximum atomic E-state index is 5.96. The van der Waals surface area contributed by atoms with Crippen molar-refractivity contribution in [2.24, 2.45) is 11.7 Å². The molecule has 0 saturated heterocycles. The van der Waals surface area contributed by atoms with Gasteiger partial charge in [0.1, 0.15) is 0 Å². The molecule has 1 rings (SSSR count). The average Bonchev–Trinajstić information content (AvgIpc) is 2.22. The van der Waals surface area contributed by atoms with Crippen molar-refractivity contribution in [1.82, 2.24) is 4.90 Å². The van der Waals surface area contributed by atoms with Crippen molar-refractivity contribution in [3.05, 3.63) is 0 Å². The number of nitrogens with zero attached hydrogens (tertiary/aromatic N) is 1. The lowest BCUT2D eigenvalue weighted by molar-refractivity contribution is 0.0145. The largest absolute Gasteiger partial charge is 0.329 e. The lowest BCUT2D eigenvalue weighted by Crippen LogP contribution is -2.59. The number of likely N-dealkylation sites (N-methyl/N-ethyl adjacent to an activating group) is 1. The van der Waals surface area contributed by atoms with Crippen LogP contribution in [-0.4, -0.2) is 30.1 Å². The van der Waals surface area contributed by atoms with E-state index in [0.29, 0.717) is 5.54 Å². The van der Waals surface area contributed by atoms with Crippen molar-refractivity contribution in [2.75, 3.05) is 19.6 Å². The van der Waals surface area contributed by atoms with Gasteiger partial charge in [-0.25, -0.2) is 0 Å². The molecule has 2 N–H and O–H groups in total. The van der Waals surface area contributed by atoms with Crippen LogP contribution in [0.2, 0.25) is 0 Å². The first-order valence-corrected chi connectivity index (χ1v) is 6.67.